The second-order valence-corrected chi connectivity index (χ2v) is 4.82. The number of benzene rings is 1. The summed E-state index contributed by atoms with van der Waals surface area (Å²) in [5, 5.41) is 3.07. The number of anilines is 1. The van der Waals surface area contributed by atoms with Crippen LogP contribution in [0.5, 0.6) is 0 Å². The lowest BCUT2D eigenvalue weighted by molar-refractivity contribution is -0.133. The fourth-order valence-electron chi connectivity index (χ4n) is 2.19. The predicted octanol–water partition coefficient (Wildman–Crippen LogP) is 0.951. The van der Waals surface area contributed by atoms with Crippen molar-refractivity contribution in [3.05, 3.63) is 29.3 Å². The molecule has 0 spiro atoms. The molecule has 0 aromatic heterocycles. The van der Waals surface area contributed by atoms with Crippen molar-refractivity contribution in [3.63, 3.8) is 0 Å². The van der Waals surface area contributed by atoms with Crippen molar-refractivity contribution in [1.82, 2.24) is 9.80 Å². The molecule has 0 atom stereocenters. The molecule has 1 aromatic carbocycles. The highest BCUT2D eigenvalue weighted by Gasteiger charge is 2.25. The van der Waals surface area contributed by atoms with E-state index in [1.165, 1.54) is 0 Å². The normalized spacial score (nSPS) is 15.6. The van der Waals surface area contributed by atoms with Gasteiger partial charge in [-0.1, -0.05) is 0 Å². The Kier molecular flexibility index (Phi) is 3.74. The van der Waals surface area contributed by atoms with Gasteiger partial charge in [-0.05, 0) is 30.7 Å². The van der Waals surface area contributed by atoms with Gasteiger partial charge in [0.25, 0.3) is 5.91 Å². The predicted molar refractivity (Wildman–Crippen MR) is 74.3 cm³/mol. The second-order valence-electron chi connectivity index (χ2n) is 4.82. The molecule has 0 radical (unpaired) electrons. The minimum atomic E-state index is -0.0767. The topological polar surface area (TPSA) is 52.7 Å². The number of nitrogens with one attached hydrogen (secondary N) is 1. The van der Waals surface area contributed by atoms with E-state index in [9.17, 15) is 9.59 Å². The zero-order chi connectivity index (χ0) is 14.0. The molecule has 5 nitrogen and oxygen atoms in total. The molecule has 0 aliphatic carbocycles. The Morgan fingerprint density at radius 2 is 2.05 bits per heavy atom. The van der Waals surface area contributed by atoms with Gasteiger partial charge in [0.2, 0.25) is 5.91 Å². The van der Waals surface area contributed by atoms with Crippen LogP contribution in [-0.2, 0) is 4.79 Å². The number of amides is 2. The lowest BCUT2D eigenvalue weighted by Crippen LogP contribution is -2.50. The average molecular weight is 261 g/mol. The summed E-state index contributed by atoms with van der Waals surface area (Å²) in [5.74, 6) is -0.0876. The third kappa shape index (κ3) is 2.70. The lowest BCUT2D eigenvalue weighted by atomic mass is 10.1. The van der Waals surface area contributed by atoms with Gasteiger partial charge in [-0.2, -0.15) is 0 Å². The molecule has 1 aliphatic rings. The van der Waals surface area contributed by atoms with E-state index in [0.717, 1.165) is 11.3 Å². The van der Waals surface area contributed by atoms with E-state index in [2.05, 4.69) is 5.32 Å². The maximum Gasteiger partial charge on any atom is 0.254 e. The maximum absolute atomic E-state index is 12.3. The van der Waals surface area contributed by atoms with Gasteiger partial charge in [-0.3, -0.25) is 9.59 Å². The summed E-state index contributed by atoms with van der Waals surface area (Å²) >= 11 is 0. The van der Waals surface area contributed by atoms with Crippen molar-refractivity contribution >= 4 is 17.5 Å². The molecule has 0 unspecified atom stereocenters. The van der Waals surface area contributed by atoms with E-state index >= 15 is 0 Å². The number of carbonyl (C=O) groups is 2. The first kappa shape index (κ1) is 13.4. The van der Waals surface area contributed by atoms with Crippen LogP contribution in [-0.4, -0.2) is 55.3 Å². The molecule has 2 amide bonds. The highest BCUT2D eigenvalue weighted by Crippen LogP contribution is 2.17. The molecule has 1 aliphatic heterocycles. The Labute approximate surface area is 113 Å². The number of carbonyl (C=O) groups excluding carboxylic acids is 2. The molecule has 0 bridgehead atoms. The SMILES string of the molecule is CNc1ccc(C(=O)N2CCN(C)C(=O)C2)cc1C. The van der Waals surface area contributed by atoms with Gasteiger partial charge >= 0.3 is 0 Å². The van der Waals surface area contributed by atoms with Gasteiger partial charge < -0.3 is 15.1 Å². The van der Waals surface area contributed by atoms with E-state index in [4.69, 9.17) is 0 Å². The van der Waals surface area contributed by atoms with Crippen molar-refractivity contribution < 1.29 is 9.59 Å². The van der Waals surface area contributed by atoms with Gasteiger partial charge in [0.1, 0.15) is 6.54 Å². The lowest BCUT2D eigenvalue weighted by Gasteiger charge is -2.32. The van der Waals surface area contributed by atoms with Crippen LogP contribution < -0.4 is 5.32 Å². The van der Waals surface area contributed by atoms with Crippen LogP contribution in [0.15, 0.2) is 18.2 Å². The smallest absolute Gasteiger partial charge is 0.254 e. The first-order valence-corrected chi connectivity index (χ1v) is 6.34. The fourth-order valence-corrected chi connectivity index (χ4v) is 2.19. The first-order valence-electron chi connectivity index (χ1n) is 6.34. The third-order valence-electron chi connectivity index (χ3n) is 3.49. The Hall–Kier alpha value is -2.04. The van der Waals surface area contributed by atoms with E-state index in [0.29, 0.717) is 18.7 Å². The molecule has 2 rings (SSSR count). The van der Waals surface area contributed by atoms with Crippen molar-refractivity contribution in [2.24, 2.45) is 0 Å². The van der Waals surface area contributed by atoms with Crippen LogP contribution in [0.1, 0.15) is 15.9 Å². The standard InChI is InChI=1S/C14H19N3O2/c1-10-8-11(4-5-12(10)15-2)14(19)17-7-6-16(3)13(18)9-17/h4-5,8,15H,6-7,9H2,1-3H3. The number of piperazine rings is 1. The Balaban J connectivity index is 2.16. The minimum Gasteiger partial charge on any atom is -0.388 e. The molecule has 19 heavy (non-hydrogen) atoms. The minimum absolute atomic E-state index is 0.0110. The number of nitrogens with zero attached hydrogens (tertiary/aromatic N) is 2. The summed E-state index contributed by atoms with van der Waals surface area (Å²) in [4.78, 5) is 27.2. The second kappa shape index (κ2) is 5.30. The van der Waals surface area contributed by atoms with Gasteiger partial charge in [-0.15, -0.1) is 0 Å². The van der Waals surface area contributed by atoms with Crippen molar-refractivity contribution in [1.29, 1.82) is 0 Å². The van der Waals surface area contributed by atoms with Crippen molar-refractivity contribution in [2.75, 3.05) is 39.0 Å². The van der Waals surface area contributed by atoms with Crippen LogP contribution >= 0.6 is 0 Å². The third-order valence-corrected chi connectivity index (χ3v) is 3.49. The molecule has 1 fully saturated rings. The van der Waals surface area contributed by atoms with E-state index in [1.54, 1.807) is 22.9 Å². The zero-order valence-electron chi connectivity index (χ0n) is 11.6. The maximum atomic E-state index is 12.3. The molecule has 102 valence electrons. The van der Waals surface area contributed by atoms with Crippen LogP contribution in [0.2, 0.25) is 0 Å². The van der Waals surface area contributed by atoms with Crippen molar-refractivity contribution in [2.45, 2.75) is 6.92 Å². The number of likely N-dealkylation sites (N-methyl/N-ethyl adjacent to an activating group) is 1. The zero-order valence-corrected chi connectivity index (χ0v) is 11.6. The quantitative estimate of drug-likeness (QED) is 0.862. The summed E-state index contributed by atoms with van der Waals surface area (Å²) < 4.78 is 0. The molecule has 5 heteroatoms. The summed E-state index contributed by atoms with van der Waals surface area (Å²) in [6.45, 7) is 3.31. The number of aryl methyl sites for hydroxylation is 1. The number of rotatable bonds is 2. The fraction of sp³-hybridized carbons (Fsp3) is 0.429. The van der Waals surface area contributed by atoms with Crippen LogP contribution in [0.4, 0.5) is 5.69 Å². The van der Waals surface area contributed by atoms with E-state index < -0.39 is 0 Å². The number of hydrogen-bond donors (Lipinski definition) is 1. The first-order chi connectivity index (χ1) is 9.02. The summed E-state index contributed by atoms with van der Waals surface area (Å²) in [6.07, 6.45) is 0. The molecule has 1 saturated heterocycles. The molecule has 1 N–H and O–H groups in total. The van der Waals surface area contributed by atoms with E-state index in [1.807, 2.05) is 26.1 Å². The van der Waals surface area contributed by atoms with Gasteiger partial charge in [0.15, 0.2) is 0 Å². The summed E-state index contributed by atoms with van der Waals surface area (Å²) in [6, 6.07) is 5.54. The summed E-state index contributed by atoms with van der Waals surface area (Å²) in [7, 11) is 3.61. The van der Waals surface area contributed by atoms with Crippen LogP contribution in [0, 0.1) is 6.92 Å². The molecular formula is C14H19N3O2. The average Bonchev–Trinajstić information content (AvgIpc) is 2.41. The highest BCUT2D eigenvalue weighted by atomic mass is 16.2. The molecule has 1 aromatic rings. The molecule has 1 heterocycles. The Bertz CT molecular complexity index is 513. The van der Waals surface area contributed by atoms with E-state index in [-0.39, 0.29) is 18.4 Å². The summed E-state index contributed by atoms with van der Waals surface area (Å²) in [5.41, 5.74) is 2.66. The van der Waals surface area contributed by atoms with Gasteiger partial charge in [0, 0.05) is 38.4 Å². The van der Waals surface area contributed by atoms with Crippen LogP contribution in [0.25, 0.3) is 0 Å². The Morgan fingerprint density at radius 3 is 2.63 bits per heavy atom. The highest BCUT2D eigenvalue weighted by molar-refractivity contribution is 5.97. The Morgan fingerprint density at radius 1 is 1.32 bits per heavy atom. The van der Waals surface area contributed by atoms with Gasteiger partial charge in [0.05, 0.1) is 0 Å². The molecule has 0 saturated carbocycles. The number of hydrogen-bond acceptors (Lipinski definition) is 3. The van der Waals surface area contributed by atoms with Crippen LogP contribution in [0.3, 0.4) is 0 Å². The monoisotopic (exact) mass is 261 g/mol. The largest absolute Gasteiger partial charge is 0.388 e. The van der Waals surface area contributed by atoms with Gasteiger partial charge in [-0.25, -0.2) is 0 Å². The van der Waals surface area contributed by atoms with Crippen molar-refractivity contribution in [3.8, 4) is 0 Å². The molecular weight excluding hydrogens is 242 g/mol.